The van der Waals surface area contributed by atoms with E-state index in [9.17, 15) is 4.79 Å². The number of fused-ring (bicyclic) bond motifs is 1. The topological polar surface area (TPSA) is 67.8 Å². The molecule has 0 aliphatic heterocycles. The monoisotopic (exact) mass is 357 g/mol. The minimum atomic E-state index is 0.0213. The van der Waals surface area contributed by atoms with Gasteiger partial charge in [0.15, 0.2) is 0 Å². The van der Waals surface area contributed by atoms with Crippen LogP contribution >= 0.6 is 11.3 Å². The van der Waals surface area contributed by atoms with E-state index in [0.717, 1.165) is 27.0 Å². The summed E-state index contributed by atoms with van der Waals surface area (Å²) in [5.74, 6) is 0.0213. The molecule has 0 amide bonds. The molecule has 0 saturated carbocycles. The van der Waals surface area contributed by atoms with Crippen LogP contribution in [-0.2, 0) is 0 Å². The summed E-state index contributed by atoms with van der Waals surface area (Å²) in [6.45, 7) is 0. The van der Waals surface area contributed by atoms with Crippen molar-refractivity contribution >= 4 is 45.0 Å². The van der Waals surface area contributed by atoms with Gasteiger partial charge in [-0.2, -0.15) is 5.11 Å². The lowest BCUT2D eigenvalue weighted by atomic mass is 10.1. The number of carbonyl (C=O) groups is 1. The Kier molecular flexibility index (Phi) is 4.29. The Bertz CT molecular complexity index is 1100. The number of hydrogen-bond donors (Lipinski definition) is 1. The maximum atomic E-state index is 12.3. The number of nitrogens with zero attached hydrogens (tertiary/aromatic N) is 2. The maximum absolute atomic E-state index is 12.3. The van der Waals surface area contributed by atoms with Crippen LogP contribution in [0.4, 0.5) is 17.1 Å². The molecule has 3 aromatic carbocycles. The summed E-state index contributed by atoms with van der Waals surface area (Å²) in [6, 6.07) is 22.4. The van der Waals surface area contributed by atoms with Crippen LogP contribution in [0.3, 0.4) is 0 Å². The van der Waals surface area contributed by atoms with Crippen molar-refractivity contribution in [3.05, 3.63) is 88.6 Å². The third kappa shape index (κ3) is 3.12. The Hall–Kier alpha value is -3.31. The molecule has 0 unspecified atom stereocenters. The number of rotatable bonds is 4. The predicted molar refractivity (Wildman–Crippen MR) is 107 cm³/mol. The second kappa shape index (κ2) is 6.90. The van der Waals surface area contributed by atoms with Crippen LogP contribution in [0.1, 0.15) is 15.2 Å². The molecule has 0 bridgehead atoms. The summed E-state index contributed by atoms with van der Waals surface area (Å²) >= 11 is 1.44. The molecule has 26 heavy (non-hydrogen) atoms. The van der Waals surface area contributed by atoms with E-state index in [1.54, 1.807) is 24.3 Å². The largest absolute Gasteiger partial charge is 0.398 e. The first kappa shape index (κ1) is 16.2. The third-order valence-corrected chi connectivity index (χ3v) is 4.95. The van der Waals surface area contributed by atoms with Crippen molar-refractivity contribution in [2.45, 2.75) is 0 Å². The first-order valence-corrected chi connectivity index (χ1v) is 8.97. The molecule has 0 radical (unpaired) electrons. The normalized spacial score (nSPS) is 11.2. The van der Waals surface area contributed by atoms with Crippen molar-refractivity contribution in [1.29, 1.82) is 0 Å². The lowest BCUT2D eigenvalue weighted by molar-refractivity contribution is 0.104. The fraction of sp³-hybridized carbons (Fsp3) is 0. The highest BCUT2D eigenvalue weighted by atomic mass is 32.1. The molecule has 4 rings (SSSR count). The maximum Gasteiger partial charge on any atom is 0.202 e. The number of hydrogen-bond acceptors (Lipinski definition) is 5. The van der Waals surface area contributed by atoms with Gasteiger partial charge in [-0.05, 0) is 47.8 Å². The molecule has 2 N–H and O–H groups in total. The molecule has 0 aliphatic carbocycles. The molecule has 0 spiro atoms. The number of thiophene rings is 1. The van der Waals surface area contributed by atoms with Gasteiger partial charge in [0.05, 0.1) is 16.3 Å². The van der Waals surface area contributed by atoms with Crippen molar-refractivity contribution < 1.29 is 4.79 Å². The summed E-state index contributed by atoms with van der Waals surface area (Å²) in [5.41, 5.74) is 8.82. The fourth-order valence-electron chi connectivity index (χ4n) is 2.73. The number of nitrogen functional groups attached to an aromatic ring is 1. The average molecular weight is 357 g/mol. The number of azo groups is 1. The van der Waals surface area contributed by atoms with Crippen LogP contribution in [-0.4, -0.2) is 5.78 Å². The van der Waals surface area contributed by atoms with Crippen LogP contribution in [0.25, 0.3) is 10.8 Å². The summed E-state index contributed by atoms with van der Waals surface area (Å²) in [7, 11) is 0. The molecule has 4 nitrogen and oxygen atoms in total. The van der Waals surface area contributed by atoms with Crippen molar-refractivity contribution in [2.75, 3.05) is 5.73 Å². The Morgan fingerprint density at radius 2 is 1.58 bits per heavy atom. The second-order valence-corrected chi connectivity index (χ2v) is 6.72. The van der Waals surface area contributed by atoms with Gasteiger partial charge in [0.2, 0.25) is 5.78 Å². The number of anilines is 1. The highest BCUT2D eigenvalue weighted by Crippen LogP contribution is 2.31. The molecule has 126 valence electrons. The zero-order valence-electron chi connectivity index (χ0n) is 13.8. The zero-order chi connectivity index (χ0) is 17.9. The molecule has 0 atom stereocenters. The Balaban J connectivity index is 1.60. The Morgan fingerprint density at radius 3 is 2.31 bits per heavy atom. The van der Waals surface area contributed by atoms with E-state index in [1.165, 1.54) is 11.3 Å². The molecule has 0 saturated heterocycles. The summed E-state index contributed by atoms with van der Waals surface area (Å²) < 4.78 is 0. The van der Waals surface area contributed by atoms with Crippen molar-refractivity contribution in [3.63, 3.8) is 0 Å². The minimum Gasteiger partial charge on any atom is -0.398 e. The van der Waals surface area contributed by atoms with E-state index in [0.29, 0.717) is 11.3 Å². The van der Waals surface area contributed by atoms with Crippen LogP contribution in [0.2, 0.25) is 0 Å². The Morgan fingerprint density at radius 1 is 0.808 bits per heavy atom. The first-order valence-electron chi connectivity index (χ1n) is 8.09. The zero-order valence-corrected chi connectivity index (χ0v) is 14.6. The van der Waals surface area contributed by atoms with Gasteiger partial charge in [-0.15, -0.1) is 16.5 Å². The van der Waals surface area contributed by atoms with Crippen molar-refractivity contribution in [1.82, 2.24) is 0 Å². The smallest absolute Gasteiger partial charge is 0.202 e. The number of nitrogens with two attached hydrogens (primary N) is 1. The molecule has 5 heteroatoms. The third-order valence-electron chi connectivity index (χ3n) is 4.08. The highest BCUT2D eigenvalue weighted by molar-refractivity contribution is 7.12. The molecule has 4 aromatic rings. The quantitative estimate of drug-likeness (QED) is 0.271. The van der Waals surface area contributed by atoms with Crippen molar-refractivity contribution in [3.8, 4) is 0 Å². The van der Waals surface area contributed by atoms with Gasteiger partial charge in [-0.25, -0.2) is 0 Å². The standard InChI is InChI=1S/C21H15N3OS/c22-18-11-12-19(17-5-2-1-4-16(17)18)24-23-15-9-7-14(8-10-15)21(25)20-6-3-13-26-20/h1-13H,22H2. The van der Waals surface area contributed by atoms with Gasteiger partial charge in [0, 0.05) is 22.0 Å². The van der Waals surface area contributed by atoms with Gasteiger partial charge >= 0.3 is 0 Å². The number of ketones is 1. The second-order valence-electron chi connectivity index (χ2n) is 5.77. The Labute approximate surface area is 154 Å². The van der Waals surface area contributed by atoms with Gasteiger partial charge < -0.3 is 5.73 Å². The van der Waals surface area contributed by atoms with E-state index in [2.05, 4.69) is 10.2 Å². The van der Waals surface area contributed by atoms with Gasteiger partial charge in [-0.1, -0.05) is 30.3 Å². The number of benzene rings is 3. The van der Waals surface area contributed by atoms with Crippen LogP contribution in [0.15, 0.2) is 88.4 Å². The van der Waals surface area contributed by atoms with E-state index >= 15 is 0 Å². The fourth-order valence-corrected chi connectivity index (χ4v) is 3.42. The number of carbonyl (C=O) groups excluding carboxylic acids is 1. The molecule has 0 fully saturated rings. The van der Waals surface area contributed by atoms with Crippen LogP contribution in [0, 0.1) is 0 Å². The first-order chi connectivity index (χ1) is 12.7. The molecule has 0 aliphatic rings. The van der Waals surface area contributed by atoms with E-state index < -0.39 is 0 Å². The van der Waals surface area contributed by atoms with Crippen LogP contribution in [0.5, 0.6) is 0 Å². The predicted octanol–water partition coefficient (Wildman–Crippen LogP) is 6.13. The highest BCUT2D eigenvalue weighted by Gasteiger charge is 2.09. The van der Waals surface area contributed by atoms with Gasteiger partial charge in [0.1, 0.15) is 0 Å². The summed E-state index contributed by atoms with van der Waals surface area (Å²) in [6.07, 6.45) is 0. The molecular formula is C21H15N3OS. The average Bonchev–Trinajstić information content (AvgIpc) is 3.22. The van der Waals surface area contributed by atoms with Crippen LogP contribution < -0.4 is 5.73 Å². The van der Waals surface area contributed by atoms with E-state index in [1.807, 2.05) is 53.9 Å². The molecule has 1 heterocycles. The van der Waals surface area contributed by atoms with E-state index in [4.69, 9.17) is 5.73 Å². The van der Waals surface area contributed by atoms with Gasteiger partial charge in [0.25, 0.3) is 0 Å². The van der Waals surface area contributed by atoms with Gasteiger partial charge in [-0.3, -0.25) is 4.79 Å². The summed E-state index contributed by atoms with van der Waals surface area (Å²) in [4.78, 5) is 13.1. The lowest BCUT2D eigenvalue weighted by Crippen LogP contribution is -1.97. The molecule has 1 aromatic heterocycles. The lowest BCUT2D eigenvalue weighted by Gasteiger charge is -2.04. The SMILES string of the molecule is Nc1ccc(N=Nc2ccc(C(=O)c3cccs3)cc2)c2ccccc12. The van der Waals surface area contributed by atoms with Crippen molar-refractivity contribution in [2.24, 2.45) is 10.2 Å². The minimum absolute atomic E-state index is 0.0213. The molecular weight excluding hydrogens is 342 g/mol. The van der Waals surface area contributed by atoms with E-state index in [-0.39, 0.29) is 5.78 Å². The summed E-state index contributed by atoms with van der Waals surface area (Å²) in [5, 5.41) is 12.5.